The molecule has 0 bridgehead atoms. The molecule has 0 aromatic heterocycles. The number of unbranched alkanes of at least 4 members (excludes halogenated alkanes) is 17. The highest BCUT2D eigenvalue weighted by Crippen LogP contribution is 2.19. The molecule has 0 rings (SSSR count). The van der Waals surface area contributed by atoms with Gasteiger partial charge in [-0.1, -0.05) is 115 Å². The number of hydrogen-bond donors (Lipinski definition) is 0. The first-order valence-electron chi connectivity index (χ1n) is 12.5. The average Bonchev–Trinajstić information content (AvgIpc) is 2.64. The summed E-state index contributed by atoms with van der Waals surface area (Å²) in [5.41, 5.74) is -1.22. The van der Waals surface area contributed by atoms with Crippen LogP contribution in [0.2, 0.25) is 0 Å². The largest absolute Gasteiger partial charge is 0.377 e. The van der Waals surface area contributed by atoms with Crippen LogP contribution in [0.5, 0.6) is 0 Å². The lowest BCUT2D eigenvalue weighted by Crippen LogP contribution is -2.14. The maximum Gasteiger partial charge on any atom is 0.219 e. The maximum atomic E-state index is 12.7. The summed E-state index contributed by atoms with van der Waals surface area (Å²) in [5, 5.41) is 0. The van der Waals surface area contributed by atoms with Crippen molar-refractivity contribution in [3.63, 3.8) is 0 Å². The fraction of sp³-hybridized carbons (Fsp3) is 0.920. The Labute approximate surface area is 183 Å². The molecule has 174 valence electrons. The van der Waals surface area contributed by atoms with Crippen LogP contribution < -0.4 is 0 Å². The third-order valence-electron chi connectivity index (χ3n) is 5.50. The summed E-state index contributed by atoms with van der Waals surface area (Å²) in [6.45, 7) is 7.45. The van der Waals surface area contributed by atoms with Crippen molar-refractivity contribution in [2.75, 3.05) is 13.2 Å². The first-order valence-corrected chi connectivity index (χ1v) is 13.5. The zero-order valence-electron chi connectivity index (χ0n) is 19.7. The molecule has 0 unspecified atom stereocenters. The lowest BCUT2D eigenvalue weighted by atomic mass is 10.0. The van der Waals surface area contributed by atoms with Crippen molar-refractivity contribution in [3.8, 4) is 0 Å². The van der Waals surface area contributed by atoms with Crippen LogP contribution in [-0.2, 0) is 4.74 Å². The van der Waals surface area contributed by atoms with E-state index in [2.05, 4.69) is 6.58 Å². The van der Waals surface area contributed by atoms with E-state index in [-0.39, 0.29) is 16.7 Å². The van der Waals surface area contributed by atoms with Gasteiger partial charge in [0.1, 0.15) is 0 Å². The van der Waals surface area contributed by atoms with Gasteiger partial charge in [0.25, 0.3) is 0 Å². The van der Waals surface area contributed by atoms with E-state index >= 15 is 0 Å². The van der Waals surface area contributed by atoms with Gasteiger partial charge in [0.05, 0.1) is 16.8 Å². The molecule has 0 saturated heterocycles. The van der Waals surface area contributed by atoms with Crippen LogP contribution in [0.25, 0.3) is 0 Å². The molecule has 0 spiro atoms. The van der Waals surface area contributed by atoms with Gasteiger partial charge in [-0.05, 0) is 19.8 Å². The summed E-state index contributed by atoms with van der Waals surface area (Å²) in [4.78, 5) is 0. The molecule has 1 nitrogen and oxygen atoms in total. The summed E-state index contributed by atoms with van der Waals surface area (Å²) in [7, 11) is 0.00933. The molecule has 0 heterocycles. The molecule has 0 aliphatic carbocycles. The number of ether oxygens (including phenoxy) is 1. The van der Waals surface area contributed by atoms with E-state index < -0.39 is 5.55 Å². The molecule has 0 radical (unpaired) electrons. The standard InChI is InChI=1S/C25H50F2OSi/c1-24(2)23-28-22-20-18-16-14-12-10-8-6-4-3-5-7-9-11-13-15-17-19-21-25(26,27)29/h1,3-23H2,2,29H3. The summed E-state index contributed by atoms with van der Waals surface area (Å²) >= 11 is 0. The van der Waals surface area contributed by atoms with E-state index in [0.29, 0.717) is 13.0 Å². The van der Waals surface area contributed by atoms with Crippen molar-refractivity contribution in [2.45, 2.75) is 134 Å². The minimum atomic E-state index is -2.33. The first kappa shape index (κ1) is 28.8. The van der Waals surface area contributed by atoms with Gasteiger partial charge in [-0.15, -0.1) is 0 Å². The van der Waals surface area contributed by atoms with Crippen LogP contribution in [0.15, 0.2) is 12.2 Å². The van der Waals surface area contributed by atoms with Crippen LogP contribution in [0.3, 0.4) is 0 Å². The molecule has 0 aromatic carbocycles. The quantitative estimate of drug-likeness (QED) is 0.0904. The summed E-state index contributed by atoms with van der Waals surface area (Å²) in [6.07, 6.45) is 23.1. The normalized spacial score (nSPS) is 12.0. The van der Waals surface area contributed by atoms with Gasteiger partial charge < -0.3 is 4.74 Å². The molecule has 0 fully saturated rings. The Bertz CT molecular complexity index is 355. The number of hydrogen-bond acceptors (Lipinski definition) is 1. The molecular formula is C25H50F2OSi. The molecule has 4 heteroatoms. The van der Waals surface area contributed by atoms with Gasteiger partial charge in [-0.25, -0.2) is 8.78 Å². The number of alkyl halides is 2. The topological polar surface area (TPSA) is 9.23 Å². The van der Waals surface area contributed by atoms with Crippen molar-refractivity contribution >= 4 is 10.2 Å². The minimum Gasteiger partial charge on any atom is -0.377 e. The van der Waals surface area contributed by atoms with E-state index in [0.717, 1.165) is 25.0 Å². The number of halogens is 2. The smallest absolute Gasteiger partial charge is 0.219 e. The molecule has 0 atom stereocenters. The van der Waals surface area contributed by atoms with Crippen molar-refractivity contribution in [2.24, 2.45) is 0 Å². The Morgan fingerprint density at radius 2 is 0.966 bits per heavy atom. The second-order valence-electron chi connectivity index (χ2n) is 9.19. The van der Waals surface area contributed by atoms with Gasteiger partial charge in [-0.2, -0.15) is 0 Å². The van der Waals surface area contributed by atoms with Crippen molar-refractivity contribution in [1.82, 2.24) is 0 Å². The molecule has 0 amide bonds. The van der Waals surface area contributed by atoms with Crippen molar-refractivity contribution < 1.29 is 13.5 Å². The third kappa shape index (κ3) is 27.8. The highest BCUT2D eigenvalue weighted by atomic mass is 28.1. The van der Waals surface area contributed by atoms with E-state index in [1.165, 1.54) is 96.3 Å². The lowest BCUT2D eigenvalue weighted by Gasteiger charge is -2.09. The first-order chi connectivity index (χ1) is 13.9. The molecule has 0 aliphatic rings. The van der Waals surface area contributed by atoms with Crippen molar-refractivity contribution in [1.29, 1.82) is 0 Å². The van der Waals surface area contributed by atoms with Gasteiger partial charge >= 0.3 is 0 Å². The molecule has 0 aliphatic heterocycles. The fourth-order valence-electron chi connectivity index (χ4n) is 3.71. The highest BCUT2D eigenvalue weighted by Gasteiger charge is 2.18. The van der Waals surface area contributed by atoms with Crippen LogP contribution in [-0.4, -0.2) is 29.0 Å². The maximum absolute atomic E-state index is 12.7. The Hall–Kier alpha value is -0.223. The molecule has 0 N–H and O–H groups in total. The summed E-state index contributed by atoms with van der Waals surface area (Å²) < 4.78 is 31.0. The Kier molecular flexibility index (Phi) is 20.9. The molecule has 0 aromatic rings. The Morgan fingerprint density at radius 3 is 1.28 bits per heavy atom. The minimum absolute atomic E-state index is 0.00933. The van der Waals surface area contributed by atoms with Crippen molar-refractivity contribution in [3.05, 3.63) is 12.2 Å². The summed E-state index contributed by atoms with van der Waals surface area (Å²) in [6, 6.07) is 0. The monoisotopic (exact) mass is 432 g/mol. The second kappa shape index (κ2) is 21.0. The fourth-order valence-corrected chi connectivity index (χ4v) is 4.07. The highest BCUT2D eigenvalue weighted by molar-refractivity contribution is 6.13. The van der Waals surface area contributed by atoms with E-state index in [9.17, 15) is 8.78 Å². The molecular weight excluding hydrogens is 382 g/mol. The van der Waals surface area contributed by atoms with E-state index in [1.54, 1.807) is 0 Å². The van der Waals surface area contributed by atoms with E-state index in [1.807, 2.05) is 6.92 Å². The Morgan fingerprint density at radius 1 is 0.655 bits per heavy atom. The molecule has 29 heavy (non-hydrogen) atoms. The second-order valence-corrected chi connectivity index (χ2v) is 10.7. The summed E-state index contributed by atoms with van der Waals surface area (Å²) in [5.74, 6) is 0. The predicted molar refractivity (Wildman–Crippen MR) is 128 cm³/mol. The average molecular weight is 433 g/mol. The van der Waals surface area contributed by atoms with Gasteiger partial charge in [0.2, 0.25) is 5.55 Å². The van der Waals surface area contributed by atoms with Gasteiger partial charge in [-0.3, -0.25) is 0 Å². The van der Waals surface area contributed by atoms with Crippen LogP contribution in [0.1, 0.15) is 129 Å². The Balaban J connectivity index is 3.04. The SMILES string of the molecule is C=C(C)COCCCCCCCCCCCCCCCCCCCCC(F)(F)[SiH3]. The lowest BCUT2D eigenvalue weighted by molar-refractivity contribution is 0.0819. The number of rotatable bonds is 23. The van der Waals surface area contributed by atoms with Crippen LogP contribution in [0.4, 0.5) is 8.78 Å². The zero-order valence-corrected chi connectivity index (χ0v) is 21.7. The van der Waals surface area contributed by atoms with E-state index in [4.69, 9.17) is 4.74 Å². The predicted octanol–water partition coefficient (Wildman–Crippen LogP) is 7.95. The van der Waals surface area contributed by atoms with Gasteiger partial charge in [0, 0.05) is 13.0 Å². The zero-order chi connectivity index (χ0) is 21.6. The molecule has 0 saturated carbocycles. The third-order valence-corrected chi connectivity index (χ3v) is 6.00. The van der Waals surface area contributed by atoms with Gasteiger partial charge in [0.15, 0.2) is 0 Å². The van der Waals surface area contributed by atoms with Crippen LogP contribution in [0, 0.1) is 0 Å². The van der Waals surface area contributed by atoms with Crippen LogP contribution >= 0.6 is 0 Å².